The van der Waals surface area contributed by atoms with Crippen LogP contribution in [-0.2, 0) is 0 Å². The molecule has 0 saturated carbocycles. The smallest absolute Gasteiger partial charge is 0.0846 e. The predicted octanol–water partition coefficient (Wildman–Crippen LogP) is 5.46. The summed E-state index contributed by atoms with van der Waals surface area (Å²) in [5.41, 5.74) is 1.33. The van der Waals surface area contributed by atoms with Crippen LogP contribution >= 0.6 is 59.1 Å². The third kappa shape index (κ3) is 3.50. The number of allylic oxidation sites excluding steroid dienone is 1. The lowest BCUT2D eigenvalue weighted by Crippen LogP contribution is -1.89. The van der Waals surface area contributed by atoms with Gasteiger partial charge in [0, 0.05) is 14.2 Å². The van der Waals surface area contributed by atoms with Gasteiger partial charge in [0.05, 0.1) is 3.79 Å². The van der Waals surface area contributed by atoms with Crippen molar-refractivity contribution in [3.8, 4) is 0 Å². The maximum Gasteiger partial charge on any atom is 0.0846 e. The van der Waals surface area contributed by atoms with E-state index in [1.165, 1.54) is 10.5 Å². The van der Waals surface area contributed by atoms with E-state index in [-0.39, 0.29) is 0 Å². The topological polar surface area (TPSA) is 0 Å². The summed E-state index contributed by atoms with van der Waals surface area (Å²) in [6.07, 6.45) is 2.19. The molecular formula is C9H9Br3S. The van der Waals surface area contributed by atoms with Crippen molar-refractivity contribution < 1.29 is 0 Å². The van der Waals surface area contributed by atoms with E-state index >= 15 is 0 Å². The molecule has 0 aliphatic rings. The number of alkyl halides is 1. The van der Waals surface area contributed by atoms with Crippen molar-refractivity contribution >= 4 is 65.2 Å². The number of hydrogen-bond acceptors (Lipinski definition) is 1. The first-order valence-corrected chi connectivity index (χ1v) is 7.09. The van der Waals surface area contributed by atoms with Gasteiger partial charge in [-0.15, -0.1) is 11.3 Å². The molecule has 0 nitrogen and oxygen atoms in total. The molecule has 4 heteroatoms. The fraction of sp³-hybridized carbons (Fsp3) is 0.333. The molecule has 1 unspecified atom stereocenters. The van der Waals surface area contributed by atoms with Crippen LogP contribution in [0.3, 0.4) is 0 Å². The summed E-state index contributed by atoms with van der Waals surface area (Å²) in [5.74, 6) is 0. The average Bonchev–Trinajstić information content (AvgIpc) is 2.31. The Labute approximate surface area is 108 Å². The normalized spacial score (nSPS) is 14.7. The Morgan fingerprint density at radius 3 is 2.54 bits per heavy atom. The van der Waals surface area contributed by atoms with Crippen LogP contribution in [0.1, 0.15) is 18.7 Å². The Hall–Kier alpha value is 0.880. The summed E-state index contributed by atoms with van der Waals surface area (Å²) in [6.45, 7) is 4.25. The molecule has 1 rings (SSSR count). The number of rotatable bonds is 2. The summed E-state index contributed by atoms with van der Waals surface area (Å²) in [5, 5.41) is 0. The second-order valence-corrected chi connectivity index (χ2v) is 7.40. The zero-order chi connectivity index (χ0) is 10.0. The molecular weight excluding hydrogens is 380 g/mol. The molecule has 0 spiro atoms. The number of halogens is 3. The molecule has 0 fully saturated rings. The van der Waals surface area contributed by atoms with Gasteiger partial charge in [-0.3, -0.25) is 0 Å². The first-order chi connectivity index (χ1) is 6.00. The molecule has 72 valence electrons. The second-order valence-electron chi connectivity index (χ2n) is 2.77. The maximum absolute atomic E-state index is 3.54. The third-order valence-corrected chi connectivity index (χ3v) is 5.59. The first-order valence-electron chi connectivity index (χ1n) is 3.78. The molecule has 0 amide bonds. The lowest BCUT2D eigenvalue weighted by Gasteiger charge is -2.00. The Morgan fingerprint density at radius 2 is 2.15 bits per heavy atom. The van der Waals surface area contributed by atoms with Crippen LogP contribution in [-0.4, -0.2) is 4.83 Å². The fourth-order valence-corrected chi connectivity index (χ4v) is 3.01. The van der Waals surface area contributed by atoms with Gasteiger partial charge in [0.25, 0.3) is 0 Å². The van der Waals surface area contributed by atoms with E-state index in [9.17, 15) is 0 Å². The van der Waals surface area contributed by atoms with E-state index in [4.69, 9.17) is 0 Å². The van der Waals surface area contributed by atoms with E-state index in [1.54, 1.807) is 11.3 Å². The molecule has 13 heavy (non-hydrogen) atoms. The van der Waals surface area contributed by atoms with Crippen molar-refractivity contribution in [1.82, 2.24) is 0 Å². The van der Waals surface area contributed by atoms with Crippen molar-refractivity contribution in [2.24, 2.45) is 0 Å². The lowest BCUT2D eigenvalue weighted by atomic mass is 10.2. The maximum atomic E-state index is 3.54. The largest absolute Gasteiger partial charge is 0.128 e. The van der Waals surface area contributed by atoms with Crippen molar-refractivity contribution in [2.45, 2.75) is 18.7 Å². The predicted molar refractivity (Wildman–Crippen MR) is 71.8 cm³/mol. The van der Waals surface area contributed by atoms with Crippen molar-refractivity contribution in [3.63, 3.8) is 0 Å². The second kappa shape index (κ2) is 5.10. The van der Waals surface area contributed by atoms with Gasteiger partial charge < -0.3 is 0 Å². The first kappa shape index (κ1) is 12.0. The van der Waals surface area contributed by atoms with Crippen LogP contribution in [0.25, 0.3) is 6.08 Å². The van der Waals surface area contributed by atoms with E-state index < -0.39 is 0 Å². The minimum Gasteiger partial charge on any atom is -0.128 e. The minimum absolute atomic E-state index is 0.437. The van der Waals surface area contributed by atoms with Gasteiger partial charge in [-0.1, -0.05) is 21.5 Å². The van der Waals surface area contributed by atoms with E-state index in [1.807, 2.05) is 0 Å². The van der Waals surface area contributed by atoms with Crippen molar-refractivity contribution in [1.29, 1.82) is 0 Å². The van der Waals surface area contributed by atoms with Crippen LogP contribution in [0, 0.1) is 0 Å². The fourth-order valence-electron chi connectivity index (χ4n) is 0.774. The highest BCUT2D eigenvalue weighted by molar-refractivity contribution is 9.13. The number of hydrogen-bond donors (Lipinski definition) is 0. The molecule has 1 heterocycles. The molecule has 0 aliphatic heterocycles. The molecule has 1 atom stereocenters. The van der Waals surface area contributed by atoms with Crippen molar-refractivity contribution in [3.05, 3.63) is 24.8 Å². The van der Waals surface area contributed by atoms with Gasteiger partial charge >= 0.3 is 0 Å². The van der Waals surface area contributed by atoms with Crippen molar-refractivity contribution in [2.75, 3.05) is 0 Å². The average molecular weight is 389 g/mol. The quantitative estimate of drug-likeness (QED) is 0.590. The zero-order valence-corrected chi connectivity index (χ0v) is 12.8. The molecule has 1 aromatic rings. The monoisotopic (exact) mass is 386 g/mol. The van der Waals surface area contributed by atoms with Crippen LogP contribution in [0.15, 0.2) is 19.9 Å². The van der Waals surface area contributed by atoms with E-state index in [0.717, 1.165) is 8.26 Å². The number of thiophene rings is 1. The summed E-state index contributed by atoms with van der Waals surface area (Å²) >= 11 is 12.2. The highest BCUT2D eigenvalue weighted by Gasteiger charge is 2.03. The Morgan fingerprint density at radius 1 is 1.54 bits per heavy atom. The van der Waals surface area contributed by atoms with Gasteiger partial charge in [0.1, 0.15) is 0 Å². The summed E-state index contributed by atoms with van der Waals surface area (Å²) in [7, 11) is 0. The standard InChI is InChI=1S/C9H9Br3S/c1-5(6(2)10)3-7-4-8(11)9(12)13-7/h3-4,6H,1-2H3/b5-3+. The minimum atomic E-state index is 0.437. The van der Waals surface area contributed by atoms with Gasteiger partial charge in [0.2, 0.25) is 0 Å². The van der Waals surface area contributed by atoms with Crippen LogP contribution in [0.4, 0.5) is 0 Å². The summed E-state index contributed by atoms with van der Waals surface area (Å²) < 4.78 is 2.27. The lowest BCUT2D eigenvalue weighted by molar-refractivity contribution is 1.16. The molecule has 0 aliphatic carbocycles. The van der Waals surface area contributed by atoms with E-state index in [2.05, 4.69) is 73.8 Å². The van der Waals surface area contributed by atoms with Gasteiger partial charge in [0.15, 0.2) is 0 Å². The van der Waals surface area contributed by atoms with Gasteiger partial charge in [-0.05, 0) is 57.8 Å². The molecule has 0 saturated heterocycles. The molecule has 0 N–H and O–H groups in total. The van der Waals surface area contributed by atoms with Crippen LogP contribution < -0.4 is 0 Å². The van der Waals surface area contributed by atoms with Crippen LogP contribution in [0.5, 0.6) is 0 Å². The molecule has 0 bridgehead atoms. The third-order valence-electron chi connectivity index (χ3n) is 1.66. The zero-order valence-electron chi connectivity index (χ0n) is 7.27. The molecule has 1 aromatic heterocycles. The molecule has 0 aromatic carbocycles. The Kier molecular flexibility index (Phi) is 4.69. The van der Waals surface area contributed by atoms with E-state index in [0.29, 0.717) is 4.83 Å². The molecule has 0 radical (unpaired) electrons. The SMILES string of the molecule is C/C(=C\c1cc(Br)c(Br)s1)C(C)Br. The van der Waals surface area contributed by atoms with Crippen LogP contribution in [0.2, 0.25) is 0 Å². The summed E-state index contributed by atoms with van der Waals surface area (Å²) in [6, 6.07) is 2.12. The Balaban J connectivity index is 2.91. The highest BCUT2D eigenvalue weighted by atomic mass is 79.9. The highest BCUT2D eigenvalue weighted by Crippen LogP contribution is 2.33. The van der Waals surface area contributed by atoms with Gasteiger partial charge in [-0.2, -0.15) is 0 Å². The van der Waals surface area contributed by atoms with Gasteiger partial charge in [-0.25, -0.2) is 0 Å². The Bertz CT molecular complexity index is 306. The summed E-state index contributed by atoms with van der Waals surface area (Å²) in [4.78, 5) is 1.70.